The van der Waals surface area contributed by atoms with Crippen molar-refractivity contribution < 1.29 is 14.6 Å². The molecule has 38 heavy (non-hydrogen) atoms. The van der Waals surface area contributed by atoms with Crippen LogP contribution in [-0.4, -0.2) is 37.1 Å². The molecule has 5 rings (SSSR count). The number of aromatic carboxylic acids is 1. The number of methoxy groups -OCH3 is 1. The summed E-state index contributed by atoms with van der Waals surface area (Å²) in [6, 6.07) is 18.2. The molecule has 1 N–H and O–H groups in total. The van der Waals surface area contributed by atoms with E-state index in [1.54, 1.807) is 23.9 Å². The van der Waals surface area contributed by atoms with Crippen LogP contribution in [0.2, 0.25) is 0 Å². The molecule has 0 radical (unpaired) electrons. The molecule has 0 fully saturated rings. The number of aromatic nitrogens is 4. The Labute approximate surface area is 218 Å². The summed E-state index contributed by atoms with van der Waals surface area (Å²) in [4.78, 5) is 38.5. The zero-order valence-corrected chi connectivity index (χ0v) is 21.6. The number of benzene rings is 3. The highest BCUT2D eigenvalue weighted by Gasteiger charge is 2.24. The molecule has 0 saturated carbocycles. The Bertz CT molecular complexity index is 1830. The van der Waals surface area contributed by atoms with Gasteiger partial charge in [-0.25, -0.2) is 9.59 Å². The second-order valence-electron chi connectivity index (χ2n) is 9.71. The number of hydrogen-bond donors (Lipinski definition) is 1. The Hall–Kier alpha value is -4.66. The van der Waals surface area contributed by atoms with Crippen molar-refractivity contribution >= 4 is 27.8 Å². The highest BCUT2D eigenvalue weighted by molar-refractivity contribution is 5.94. The van der Waals surface area contributed by atoms with Crippen molar-refractivity contribution in [1.82, 2.24) is 18.9 Å². The van der Waals surface area contributed by atoms with E-state index in [-0.39, 0.29) is 29.1 Å². The molecule has 0 spiro atoms. The van der Waals surface area contributed by atoms with Crippen molar-refractivity contribution in [3.8, 4) is 17.0 Å². The average Bonchev–Trinajstić information content (AvgIpc) is 3.29. The molecular weight excluding hydrogens is 484 g/mol. The van der Waals surface area contributed by atoms with Crippen molar-refractivity contribution in [3.05, 3.63) is 92.6 Å². The number of fused-ring (bicyclic) bond motifs is 2. The maximum atomic E-state index is 13.6. The molecule has 2 heterocycles. The Morgan fingerprint density at radius 3 is 2.53 bits per heavy atom. The summed E-state index contributed by atoms with van der Waals surface area (Å²) < 4.78 is 9.97. The van der Waals surface area contributed by atoms with Gasteiger partial charge in [-0.2, -0.15) is 5.10 Å². The van der Waals surface area contributed by atoms with Crippen molar-refractivity contribution in [2.75, 3.05) is 7.11 Å². The number of carboxylic acid groups (broad SMARTS) is 1. The number of nitrogens with zero attached hydrogens (tertiary/aromatic N) is 4. The summed E-state index contributed by atoms with van der Waals surface area (Å²) in [5.41, 5.74) is 1.21. The molecule has 194 valence electrons. The van der Waals surface area contributed by atoms with Gasteiger partial charge in [0.25, 0.3) is 5.56 Å². The predicted octanol–water partition coefficient (Wildman–Crippen LogP) is 4.13. The normalized spacial score (nSPS) is 11.5. The lowest BCUT2D eigenvalue weighted by atomic mass is 10.0. The molecule has 0 atom stereocenters. The largest absolute Gasteiger partial charge is 0.496 e. The summed E-state index contributed by atoms with van der Waals surface area (Å²) in [7, 11) is 3.05. The predicted molar refractivity (Wildman–Crippen MR) is 146 cm³/mol. The molecule has 5 aromatic rings. The Balaban J connectivity index is 1.89. The van der Waals surface area contributed by atoms with Crippen LogP contribution in [0, 0.1) is 5.92 Å². The van der Waals surface area contributed by atoms with Gasteiger partial charge in [-0.3, -0.25) is 18.6 Å². The minimum Gasteiger partial charge on any atom is -0.496 e. The standard InChI is InChI=1S/C29H28N4O5/c1-17(2)15-32-26-24(27(34)31(3)29(32)37)25(19-9-7-10-20(14-19)28(35)36)33(30-26)16-22-21-11-6-5-8-18(21)12-13-23(22)38-4/h5-14,17H,15-16H2,1-4H3,(H,35,36). The molecule has 0 saturated heterocycles. The molecule has 0 bridgehead atoms. The number of ether oxygens (including phenoxy) is 1. The lowest BCUT2D eigenvalue weighted by molar-refractivity contribution is 0.0697. The van der Waals surface area contributed by atoms with Gasteiger partial charge in [0.1, 0.15) is 11.1 Å². The smallest absolute Gasteiger partial charge is 0.335 e. The molecule has 0 amide bonds. The van der Waals surface area contributed by atoms with Crippen LogP contribution in [0.4, 0.5) is 0 Å². The molecule has 2 aromatic heterocycles. The summed E-state index contributed by atoms with van der Waals surface area (Å²) >= 11 is 0. The molecule has 0 aliphatic rings. The first-order valence-electron chi connectivity index (χ1n) is 12.3. The first-order valence-corrected chi connectivity index (χ1v) is 12.3. The average molecular weight is 513 g/mol. The second-order valence-corrected chi connectivity index (χ2v) is 9.71. The maximum absolute atomic E-state index is 13.6. The third-order valence-electron chi connectivity index (χ3n) is 6.68. The van der Waals surface area contributed by atoms with Gasteiger partial charge in [-0.15, -0.1) is 0 Å². The zero-order chi connectivity index (χ0) is 27.1. The Morgan fingerprint density at radius 1 is 1.05 bits per heavy atom. The van der Waals surface area contributed by atoms with Gasteiger partial charge >= 0.3 is 11.7 Å². The molecule has 3 aromatic carbocycles. The molecule has 9 nitrogen and oxygen atoms in total. The summed E-state index contributed by atoms with van der Waals surface area (Å²) in [5, 5.41) is 16.7. The number of rotatable bonds is 7. The minimum atomic E-state index is -1.08. The minimum absolute atomic E-state index is 0.0819. The van der Waals surface area contributed by atoms with E-state index >= 15 is 0 Å². The van der Waals surface area contributed by atoms with Gasteiger partial charge in [0.15, 0.2) is 5.65 Å². The lowest BCUT2D eigenvalue weighted by Crippen LogP contribution is -2.38. The lowest BCUT2D eigenvalue weighted by Gasteiger charge is -2.14. The van der Waals surface area contributed by atoms with Gasteiger partial charge in [-0.05, 0) is 34.9 Å². The maximum Gasteiger partial charge on any atom is 0.335 e. The van der Waals surface area contributed by atoms with Crippen LogP contribution in [0.5, 0.6) is 5.75 Å². The zero-order valence-electron chi connectivity index (χ0n) is 21.6. The van der Waals surface area contributed by atoms with Crippen molar-refractivity contribution in [1.29, 1.82) is 0 Å². The molecule has 9 heteroatoms. The van der Waals surface area contributed by atoms with E-state index in [2.05, 4.69) is 0 Å². The van der Waals surface area contributed by atoms with Gasteiger partial charge in [0.2, 0.25) is 0 Å². The first-order chi connectivity index (χ1) is 18.2. The molecule has 0 unspecified atom stereocenters. The third-order valence-corrected chi connectivity index (χ3v) is 6.68. The fourth-order valence-electron chi connectivity index (χ4n) is 4.92. The van der Waals surface area contributed by atoms with Crippen molar-refractivity contribution in [3.63, 3.8) is 0 Å². The van der Waals surface area contributed by atoms with Gasteiger partial charge in [-0.1, -0.05) is 56.3 Å². The van der Waals surface area contributed by atoms with Crippen LogP contribution < -0.4 is 16.0 Å². The van der Waals surface area contributed by atoms with Crippen LogP contribution in [-0.2, 0) is 20.1 Å². The molecular formula is C29H28N4O5. The van der Waals surface area contributed by atoms with E-state index in [1.807, 2.05) is 50.2 Å². The number of hydrogen-bond acceptors (Lipinski definition) is 5. The first kappa shape index (κ1) is 25.0. The van der Waals surface area contributed by atoms with Crippen LogP contribution in [0.1, 0.15) is 29.8 Å². The highest BCUT2D eigenvalue weighted by atomic mass is 16.5. The van der Waals surface area contributed by atoms with E-state index in [0.29, 0.717) is 23.6 Å². The summed E-state index contributed by atoms with van der Waals surface area (Å²) in [5.74, 6) is -0.306. The molecule has 0 aliphatic carbocycles. The van der Waals surface area contributed by atoms with Crippen LogP contribution >= 0.6 is 0 Å². The number of carboxylic acids is 1. The topological polar surface area (TPSA) is 108 Å². The quantitative estimate of drug-likeness (QED) is 0.351. The Morgan fingerprint density at radius 2 is 1.82 bits per heavy atom. The van der Waals surface area contributed by atoms with E-state index in [4.69, 9.17) is 9.84 Å². The SMILES string of the molecule is COc1ccc2ccccc2c1Cn1nc2c(c1-c1cccc(C(=O)O)c1)c(=O)n(C)c(=O)n2CC(C)C. The van der Waals surface area contributed by atoms with Gasteiger partial charge in [0.05, 0.1) is 24.9 Å². The van der Waals surface area contributed by atoms with E-state index in [0.717, 1.165) is 20.9 Å². The van der Waals surface area contributed by atoms with Crippen LogP contribution in [0.25, 0.3) is 33.1 Å². The van der Waals surface area contributed by atoms with E-state index in [9.17, 15) is 19.5 Å². The summed E-state index contributed by atoms with van der Waals surface area (Å²) in [6.45, 7) is 4.56. The monoisotopic (exact) mass is 512 g/mol. The van der Waals surface area contributed by atoms with Crippen molar-refractivity contribution in [2.45, 2.75) is 26.9 Å². The fraction of sp³-hybridized carbons (Fsp3) is 0.241. The Kier molecular flexibility index (Phi) is 6.36. The third kappa shape index (κ3) is 4.15. The van der Waals surface area contributed by atoms with Gasteiger partial charge < -0.3 is 9.84 Å². The fourth-order valence-corrected chi connectivity index (χ4v) is 4.92. The second kappa shape index (κ2) is 9.66. The van der Waals surface area contributed by atoms with E-state index in [1.165, 1.54) is 23.7 Å². The van der Waals surface area contributed by atoms with Crippen molar-refractivity contribution in [2.24, 2.45) is 13.0 Å². The number of carbonyl (C=O) groups is 1. The van der Waals surface area contributed by atoms with Gasteiger partial charge in [0, 0.05) is 24.7 Å². The van der Waals surface area contributed by atoms with E-state index < -0.39 is 17.2 Å². The van der Waals surface area contributed by atoms with Crippen LogP contribution in [0.15, 0.2) is 70.3 Å². The van der Waals surface area contributed by atoms with Crippen LogP contribution in [0.3, 0.4) is 0 Å². The summed E-state index contributed by atoms with van der Waals surface area (Å²) in [6.07, 6.45) is 0. The molecule has 0 aliphatic heterocycles. The highest BCUT2D eigenvalue weighted by Crippen LogP contribution is 2.33.